The summed E-state index contributed by atoms with van der Waals surface area (Å²) in [5, 5.41) is 51.7. The highest BCUT2D eigenvalue weighted by Gasteiger charge is 2.53. The van der Waals surface area contributed by atoms with Gasteiger partial charge in [0, 0.05) is 146 Å². The lowest BCUT2D eigenvalue weighted by Gasteiger charge is -2.42. The van der Waals surface area contributed by atoms with E-state index >= 15 is 0 Å². The maximum absolute atomic E-state index is 14.8. The van der Waals surface area contributed by atoms with Crippen molar-refractivity contribution in [2.24, 2.45) is 35.3 Å². The normalized spacial score (nSPS) is 26.8. The van der Waals surface area contributed by atoms with Crippen molar-refractivity contribution in [3.05, 3.63) is 126 Å². The van der Waals surface area contributed by atoms with Crippen LogP contribution in [0.15, 0.2) is 119 Å². The van der Waals surface area contributed by atoms with Crippen LogP contribution in [0.2, 0.25) is 0 Å². The molecule has 2 bridgehead atoms. The van der Waals surface area contributed by atoms with E-state index in [1.807, 2.05) is 91.7 Å². The summed E-state index contributed by atoms with van der Waals surface area (Å²) in [5.74, 6) is -8.25. The number of methoxy groups -OCH3 is 2. The van der Waals surface area contributed by atoms with E-state index in [1.165, 1.54) is 19.3 Å². The molecular weight excluding hydrogens is 1670 g/mol. The number of piperazine rings is 1. The highest BCUT2D eigenvalue weighted by atomic mass is 16.6. The number of carbonyl (C=O) groups is 7. The van der Waals surface area contributed by atoms with Gasteiger partial charge in [0.05, 0.1) is 88.3 Å². The molecular formula is C94H129N17O19. The van der Waals surface area contributed by atoms with E-state index in [4.69, 9.17) is 74.6 Å². The van der Waals surface area contributed by atoms with Crippen molar-refractivity contribution in [3.63, 3.8) is 0 Å². The molecule has 4 aliphatic heterocycles. The molecule has 2 aromatic carbocycles. The summed E-state index contributed by atoms with van der Waals surface area (Å²) in [6.07, 6.45) is 18.0. The van der Waals surface area contributed by atoms with Gasteiger partial charge in [0.2, 0.25) is 23.5 Å². The van der Waals surface area contributed by atoms with Gasteiger partial charge >= 0.3 is 5.97 Å². The molecule has 0 spiro atoms. The van der Waals surface area contributed by atoms with Gasteiger partial charge in [-0.1, -0.05) is 87.6 Å². The number of aliphatic hydroxyl groups excluding tert-OH is 2. The summed E-state index contributed by atoms with van der Waals surface area (Å²) >= 11 is 0. The zero-order valence-electron chi connectivity index (χ0n) is 75.9. The van der Waals surface area contributed by atoms with Crippen LogP contribution in [0.1, 0.15) is 156 Å². The maximum Gasteiger partial charge on any atom is 0.329 e. The number of Topliss-reactive ketones (excluding diaryl/α,β-unsaturated/α-hetero) is 3. The van der Waals surface area contributed by atoms with Crippen molar-refractivity contribution < 1.29 is 91.2 Å². The topological polar surface area (TPSA) is 480 Å². The summed E-state index contributed by atoms with van der Waals surface area (Å²) < 4.78 is 57.1. The molecule has 5 aromatic heterocycles. The minimum absolute atomic E-state index is 0.0134. The molecule has 7 aromatic rings. The number of piperidine rings is 1. The van der Waals surface area contributed by atoms with Crippen LogP contribution in [0.25, 0.3) is 44.5 Å². The number of rotatable bonds is 31. The number of nitrogens with two attached hydrogens (primary N) is 3. The zero-order valence-corrected chi connectivity index (χ0v) is 75.9. The second-order valence-electron chi connectivity index (χ2n) is 35.1. The molecule has 1 saturated carbocycles. The largest absolute Gasteiger partial charge is 0.459 e. The van der Waals surface area contributed by atoms with Crippen LogP contribution in [0.5, 0.6) is 0 Å². The Labute approximate surface area is 757 Å². The molecule has 9 heterocycles. The molecule has 5 aliphatic rings. The van der Waals surface area contributed by atoms with Gasteiger partial charge in [-0.05, 0) is 149 Å². The minimum Gasteiger partial charge on any atom is -0.459 e. The third-order valence-corrected chi connectivity index (χ3v) is 25.5. The Morgan fingerprint density at radius 2 is 1.52 bits per heavy atom. The second-order valence-corrected chi connectivity index (χ2v) is 35.1. The lowest BCUT2D eigenvalue weighted by molar-refractivity contribution is -0.265. The third-order valence-electron chi connectivity index (χ3n) is 25.5. The smallest absolute Gasteiger partial charge is 0.329 e. The fourth-order valence-corrected chi connectivity index (χ4v) is 17.7. The zero-order chi connectivity index (χ0) is 92.5. The van der Waals surface area contributed by atoms with E-state index in [-0.39, 0.29) is 99.3 Å². The SMILES string of the molecule is COC1C[C@@H]2CC[C@@H](C)[C@@](O)(O2)C(=O)C(=O)N2CCCCC2C(=O)OC([C@H](N)CC2CCC(OCc3cccc(-c4cnc(N5CCN(C(=O)CCc6cn(CCOCCOCCOCCC(=O)NCCCCn7nc(-c8ccc9oc(N)nc9c8)c8c(N)ncnc87)nn6)CC5)nc4)c3)[C@H](OC)C2)CC(=O)C(C)/C=C(\C)C(O)[C@@H](O)C(=O)C(C)CC(C)/C=C/C=C/C=C/1C. The number of amides is 3. The number of nitrogen functional groups attached to an aromatic ring is 2. The van der Waals surface area contributed by atoms with Crippen molar-refractivity contribution >= 4 is 81.0 Å². The number of fused-ring (bicyclic) bond motifs is 5. The monoisotopic (exact) mass is 1800 g/mol. The molecule has 36 heteroatoms. The van der Waals surface area contributed by atoms with E-state index in [2.05, 4.69) is 35.5 Å². The number of nitrogens with zero attached hydrogens (tertiary/aromatic N) is 13. The van der Waals surface area contributed by atoms with Crippen LogP contribution in [0, 0.1) is 29.6 Å². The number of aryl methyl sites for hydroxylation is 2. The number of oxazole rings is 1. The highest BCUT2D eigenvalue weighted by molar-refractivity contribution is 6.39. The molecule has 0 radical (unpaired) electrons. The van der Waals surface area contributed by atoms with Gasteiger partial charge in [-0.3, -0.25) is 28.8 Å². The van der Waals surface area contributed by atoms with Crippen molar-refractivity contribution in [2.75, 3.05) is 109 Å². The number of hydrogen-bond acceptors (Lipinski definition) is 31. The number of carbonyl (C=O) groups excluding carboxylic acids is 7. The number of unbranched alkanes of at least 4 members (excludes halogenated alkanes) is 1. The van der Waals surface area contributed by atoms with Crippen molar-refractivity contribution in [3.8, 4) is 22.4 Å². The van der Waals surface area contributed by atoms with Gasteiger partial charge in [-0.15, -0.1) is 5.10 Å². The summed E-state index contributed by atoms with van der Waals surface area (Å²) in [7, 11) is 3.19. The van der Waals surface area contributed by atoms with Crippen LogP contribution in [0.4, 0.5) is 17.8 Å². The van der Waals surface area contributed by atoms with Crippen molar-refractivity contribution in [2.45, 2.75) is 231 Å². The third kappa shape index (κ3) is 26.5. The van der Waals surface area contributed by atoms with E-state index in [0.29, 0.717) is 188 Å². The predicted molar refractivity (Wildman–Crippen MR) is 483 cm³/mol. The number of anilines is 3. The van der Waals surface area contributed by atoms with Gasteiger partial charge in [0.1, 0.15) is 53.5 Å². The average Bonchev–Trinajstić information content (AvgIpc) is 1.39. The summed E-state index contributed by atoms with van der Waals surface area (Å²) in [6.45, 7) is 16.4. The molecule has 36 nitrogen and oxygen atoms in total. The van der Waals surface area contributed by atoms with E-state index in [0.717, 1.165) is 45.6 Å². The van der Waals surface area contributed by atoms with E-state index < -0.39 is 95.4 Å². The van der Waals surface area contributed by atoms with Gasteiger partial charge < -0.3 is 94.8 Å². The number of benzene rings is 2. The van der Waals surface area contributed by atoms with Gasteiger partial charge in [0.25, 0.3) is 17.7 Å². The number of ketones is 3. The molecule has 10 N–H and O–H groups in total. The molecule has 15 atom stereocenters. The van der Waals surface area contributed by atoms with Crippen LogP contribution >= 0.6 is 0 Å². The first-order valence-electron chi connectivity index (χ1n) is 45.6. The highest BCUT2D eigenvalue weighted by Crippen LogP contribution is 2.39. The molecule has 3 amide bonds. The van der Waals surface area contributed by atoms with Gasteiger partial charge in [-0.2, -0.15) is 10.1 Å². The predicted octanol–water partition coefficient (Wildman–Crippen LogP) is 7.92. The molecule has 12 rings (SSSR count). The molecule has 704 valence electrons. The van der Waals surface area contributed by atoms with Gasteiger partial charge in [0.15, 0.2) is 17.0 Å². The quantitative estimate of drug-likeness (QED) is 0.00938. The van der Waals surface area contributed by atoms with Crippen LogP contribution < -0.4 is 27.4 Å². The maximum atomic E-state index is 14.8. The first-order chi connectivity index (χ1) is 62.6. The molecule has 1 aliphatic carbocycles. The summed E-state index contributed by atoms with van der Waals surface area (Å²) in [5.41, 5.74) is 26.7. The van der Waals surface area contributed by atoms with Gasteiger partial charge in [-0.25, -0.2) is 34.1 Å². The molecule has 9 unspecified atom stereocenters. The second kappa shape index (κ2) is 47.5. The number of esters is 1. The number of aliphatic hydroxyl groups is 3. The summed E-state index contributed by atoms with van der Waals surface area (Å²) in [4.78, 5) is 125. The standard InChI is InChI=1S/C94H129N17O19/c1-58-17-10-9-11-18-59(2)77(122-7)51-70-26-22-63(6)94(121,130-70)87(118)90(119)110-32-14-12-21-73(110)91(120)128-78(52-74(112)60(3)46-62(5)85(116)86(117)84(115)61(4)45-58)71(95)48-64-23-27-76(79(49-64)123-8)127-56-65-19-16-20-66(47-65)68-53-99-93(100-54-68)108-36-34-107(35-37-108)81(114)29-25-69-55-109(106-104-69)38-40-125-42-44-126-43-41-124-39-30-80(113)98-31-13-15-33-111-89-82(88(96)101-57-102-89)83(105-111)67-24-28-75-72(50-67)103-92(97)129-75/h9-11,16-20,24,28,46-47,50,53-55,57-58,60-61,63-64,70-71,73,76-79,85-86,116-117,121H,12-15,21-23,25-27,29-45,48-49,51-52,56,95H2,1-8H3,(H2,97,103)(H,98,113)(H2,96,101,102)/b11-9+,17-10+,59-18+,62-46+/t58?,60?,61?,63-,64?,70+,71-,73?,76?,77?,78?,79-,85?,86+,94-/m1/s1. The van der Waals surface area contributed by atoms with E-state index in [1.54, 1.807) is 62.8 Å². The van der Waals surface area contributed by atoms with E-state index in [9.17, 15) is 48.9 Å². The first kappa shape index (κ1) is 98.5. The number of nitrogens with one attached hydrogen (secondary N) is 1. The number of allylic oxidation sites excluding steroid dienone is 6. The molecule has 3 saturated heterocycles. The fraction of sp³-hybridized carbons (Fsp3) is 0.585. The number of aromatic nitrogens is 10. The molecule has 4 fully saturated rings. The van der Waals surface area contributed by atoms with Crippen molar-refractivity contribution in [1.29, 1.82) is 0 Å². The van der Waals surface area contributed by atoms with Crippen LogP contribution in [-0.2, 0) is 97.6 Å². The minimum atomic E-state index is -2.50. The van der Waals surface area contributed by atoms with Crippen molar-refractivity contribution in [1.82, 2.24) is 64.8 Å². The summed E-state index contributed by atoms with van der Waals surface area (Å²) in [6, 6.07) is 11.4. The number of ether oxygens (including phenoxy) is 8. The first-order valence-corrected chi connectivity index (χ1v) is 45.6. The van der Waals surface area contributed by atoms with Crippen LogP contribution in [0.3, 0.4) is 0 Å². The average molecular weight is 1800 g/mol. The van der Waals surface area contributed by atoms with Crippen LogP contribution in [-0.4, -0.2) is 270 Å². The Kier molecular flexibility index (Phi) is 36.0. The fourth-order valence-electron chi connectivity index (χ4n) is 17.7. The lowest BCUT2D eigenvalue weighted by atomic mass is 9.80. The molecule has 130 heavy (non-hydrogen) atoms. The Morgan fingerprint density at radius 1 is 0.754 bits per heavy atom. The Bertz CT molecular complexity index is 5080. The number of hydrogen-bond donors (Lipinski definition) is 7. The Hall–Kier alpha value is -10.5. The Balaban J connectivity index is 0.546. The lowest BCUT2D eigenvalue weighted by Crippen LogP contribution is -2.61. The Morgan fingerprint density at radius 3 is 2.29 bits per heavy atom. The number of cyclic esters (lactones) is 1.